The van der Waals surface area contributed by atoms with Gasteiger partial charge in [-0.25, -0.2) is 0 Å². The van der Waals surface area contributed by atoms with Crippen molar-refractivity contribution in [2.24, 2.45) is 0 Å². The third-order valence-electron chi connectivity index (χ3n) is 3.28. The first-order chi connectivity index (χ1) is 11.9. The lowest BCUT2D eigenvalue weighted by atomic mass is 10.2. The summed E-state index contributed by atoms with van der Waals surface area (Å²) in [4.78, 5) is 0. The number of benzene rings is 1. The van der Waals surface area contributed by atoms with E-state index in [0.717, 1.165) is 5.56 Å². The van der Waals surface area contributed by atoms with Gasteiger partial charge in [0.25, 0.3) is 0 Å². The van der Waals surface area contributed by atoms with Gasteiger partial charge >= 0.3 is 0 Å². The van der Waals surface area contributed by atoms with Crippen molar-refractivity contribution in [1.82, 2.24) is 0 Å². The molecule has 1 aliphatic rings. The Kier molecular flexibility index (Phi) is 9.52. The smallest absolute Gasteiger partial charge is 0.161 e. The molecule has 0 bridgehead atoms. The van der Waals surface area contributed by atoms with Crippen LogP contribution in [0.3, 0.4) is 0 Å². The Morgan fingerprint density at radius 3 is 1.58 bits per heavy atom. The fraction of sp³-hybridized carbons (Fsp3) is 0.647. The zero-order valence-electron chi connectivity index (χ0n) is 13.9. The summed E-state index contributed by atoms with van der Waals surface area (Å²) in [6.07, 6.45) is 0. The number of aliphatic hydroxyl groups is 1. The van der Waals surface area contributed by atoms with Crippen molar-refractivity contribution in [2.75, 3.05) is 66.1 Å². The average Bonchev–Trinajstić information content (AvgIpc) is 2.61. The van der Waals surface area contributed by atoms with Gasteiger partial charge in [0.1, 0.15) is 13.2 Å². The molecular formula is C17H26O7. The minimum Gasteiger partial charge on any atom is -0.487 e. The summed E-state index contributed by atoms with van der Waals surface area (Å²) in [5.74, 6) is 1.21. The van der Waals surface area contributed by atoms with E-state index in [9.17, 15) is 5.11 Å². The van der Waals surface area contributed by atoms with Gasteiger partial charge in [0.05, 0.1) is 59.5 Å². The molecule has 0 amide bonds. The van der Waals surface area contributed by atoms with E-state index in [1.807, 2.05) is 0 Å². The first-order valence-electron chi connectivity index (χ1n) is 8.20. The zero-order chi connectivity index (χ0) is 16.9. The molecule has 0 aromatic heterocycles. The first kappa shape index (κ1) is 19.0. The minimum absolute atomic E-state index is 0.0480. The van der Waals surface area contributed by atoms with E-state index in [-0.39, 0.29) is 6.61 Å². The van der Waals surface area contributed by atoms with E-state index >= 15 is 0 Å². The topological polar surface area (TPSA) is 75.6 Å². The molecule has 7 nitrogen and oxygen atoms in total. The number of aliphatic hydroxyl groups excluding tert-OH is 1. The van der Waals surface area contributed by atoms with Crippen LogP contribution in [-0.4, -0.2) is 71.2 Å². The lowest BCUT2D eigenvalue weighted by molar-refractivity contribution is -0.00842. The summed E-state index contributed by atoms with van der Waals surface area (Å²) in [6, 6.07) is 5.36. The Labute approximate surface area is 142 Å². The highest BCUT2D eigenvalue weighted by Crippen LogP contribution is 2.28. The molecular weight excluding hydrogens is 316 g/mol. The van der Waals surface area contributed by atoms with Crippen LogP contribution in [0.25, 0.3) is 0 Å². The Hall–Kier alpha value is -1.38. The second kappa shape index (κ2) is 12.0. The van der Waals surface area contributed by atoms with E-state index in [1.165, 1.54) is 0 Å². The number of hydrogen-bond acceptors (Lipinski definition) is 7. The Morgan fingerprint density at radius 1 is 0.625 bits per heavy atom. The quantitative estimate of drug-likeness (QED) is 0.816. The molecule has 1 aromatic carbocycles. The van der Waals surface area contributed by atoms with Crippen LogP contribution < -0.4 is 9.47 Å². The van der Waals surface area contributed by atoms with Gasteiger partial charge < -0.3 is 33.5 Å². The third kappa shape index (κ3) is 7.46. The number of hydrogen-bond donors (Lipinski definition) is 1. The van der Waals surface area contributed by atoms with Gasteiger partial charge in [-0.15, -0.1) is 0 Å². The first-order valence-corrected chi connectivity index (χ1v) is 8.20. The van der Waals surface area contributed by atoms with Gasteiger partial charge in [-0.1, -0.05) is 6.07 Å². The molecule has 0 aliphatic carbocycles. The van der Waals surface area contributed by atoms with Crippen LogP contribution in [0.2, 0.25) is 0 Å². The second-order valence-electron chi connectivity index (χ2n) is 5.09. The van der Waals surface area contributed by atoms with Crippen LogP contribution in [0.1, 0.15) is 5.56 Å². The van der Waals surface area contributed by atoms with Crippen molar-refractivity contribution >= 4 is 0 Å². The van der Waals surface area contributed by atoms with Gasteiger partial charge in [-0.2, -0.15) is 0 Å². The van der Waals surface area contributed by atoms with Gasteiger partial charge in [-0.3, -0.25) is 0 Å². The van der Waals surface area contributed by atoms with Crippen molar-refractivity contribution in [3.8, 4) is 11.5 Å². The van der Waals surface area contributed by atoms with Crippen LogP contribution in [0.5, 0.6) is 11.5 Å². The largest absolute Gasteiger partial charge is 0.487 e. The zero-order valence-corrected chi connectivity index (χ0v) is 13.9. The molecule has 0 saturated carbocycles. The maximum Gasteiger partial charge on any atom is 0.161 e. The molecule has 2 rings (SSSR count). The van der Waals surface area contributed by atoms with Crippen molar-refractivity contribution in [3.05, 3.63) is 23.8 Å². The average molecular weight is 342 g/mol. The van der Waals surface area contributed by atoms with E-state index in [1.54, 1.807) is 18.2 Å². The van der Waals surface area contributed by atoms with E-state index < -0.39 is 0 Å². The second-order valence-corrected chi connectivity index (χ2v) is 5.09. The Bertz CT molecular complexity index is 453. The summed E-state index contributed by atoms with van der Waals surface area (Å²) in [5, 5.41) is 9.26. The van der Waals surface area contributed by atoms with Crippen LogP contribution >= 0.6 is 0 Å². The van der Waals surface area contributed by atoms with Crippen LogP contribution in [0.15, 0.2) is 18.2 Å². The number of fused-ring (bicyclic) bond motifs is 1. The molecule has 0 spiro atoms. The van der Waals surface area contributed by atoms with E-state index in [2.05, 4.69) is 0 Å². The van der Waals surface area contributed by atoms with Gasteiger partial charge in [0.2, 0.25) is 0 Å². The molecule has 1 aromatic rings. The predicted octanol–water partition coefficient (Wildman–Crippen LogP) is 1.02. The maximum absolute atomic E-state index is 9.26. The normalized spacial score (nSPS) is 19.2. The highest BCUT2D eigenvalue weighted by atomic mass is 16.6. The minimum atomic E-state index is -0.0480. The Morgan fingerprint density at radius 2 is 1.08 bits per heavy atom. The fourth-order valence-corrected chi connectivity index (χ4v) is 2.07. The lowest BCUT2D eigenvalue weighted by Gasteiger charge is -2.14. The number of ether oxygens (including phenoxy) is 6. The van der Waals surface area contributed by atoms with Gasteiger partial charge in [0.15, 0.2) is 11.5 Å². The summed E-state index contributed by atoms with van der Waals surface area (Å²) in [7, 11) is 0. The molecule has 7 heteroatoms. The standard InChI is InChI=1S/C17H26O7/c18-14-15-1-2-16-17(13-15)24-12-10-22-8-6-20-4-3-19-5-7-21-9-11-23-16/h1-2,13,18H,3-12,14H2. The summed E-state index contributed by atoms with van der Waals surface area (Å²) in [6.45, 7) is 4.83. The molecule has 1 aliphatic heterocycles. The van der Waals surface area contributed by atoms with Crippen LogP contribution in [-0.2, 0) is 25.6 Å². The lowest BCUT2D eigenvalue weighted by Crippen LogP contribution is -2.16. The summed E-state index contributed by atoms with van der Waals surface area (Å²) in [5.41, 5.74) is 0.766. The van der Waals surface area contributed by atoms with Crippen molar-refractivity contribution in [3.63, 3.8) is 0 Å². The number of rotatable bonds is 1. The maximum atomic E-state index is 9.26. The van der Waals surface area contributed by atoms with Crippen molar-refractivity contribution in [1.29, 1.82) is 0 Å². The predicted molar refractivity (Wildman–Crippen MR) is 86.6 cm³/mol. The summed E-state index contributed by atoms with van der Waals surface area (Å²) < 4.78 is 33.1. The molecule has 0 unspecified atom stereocenters. The molecule has 0 saturated heterocycles. The Balaban J connectivity index is 1.88. The highest BCUT2D eigenvalue weighted by molar-refractivity contribution is 5.42. The van der Waals surface area contributed by atoms with Crippen LogP contribution in [0.4, 0.5) is 0 Å². The van der Waals surface area contributed by atoms with E-state index in [0.29, 0.717) is 77.6 Å². The van der Waals surface area contributed by atoms with E-state index in [4.69, 9.17) is 28.4 Å². The SMILES string of the molecule is OCc1ccc2c(c1)OCCOCCOCCOCCOCCO2. The highest BCUT2D eigenvalue weighted by Gasteiger charge is 2.07. The fourth-order valence-electron chi connectivity index (χ4n) is 2.07. The van der Waals surface area contributed by atoms with Crippen molar-refractivity contribution in [2.45, 2.75) is 6.61 Å². The molecule has 0 atom stereocenters. The molecule has 0 fully saturated rings. The summed E-state index contributed by atoms with van der Waals surface area (Å²) >= 11 is 0. The third-order valence-corrected chi connectivity index (χ3v) is 3.28. The molecule has 1 N–H and O–H groups in total. The monoisotopic (exact) mass is 342 g/mol. The van der Waals surface area contributed by atoms with Gasteiger partial charge in [-0.05, 0) is 17.7 Å². The molecule has 24 heavy (non-hydrogen) atoms. The van der Waals surface area contributed by atoms with Crippen LogP contribution in [0, 0.1) is 0 Å². The molecule has 1 heterocycles. The van der Waals surface area contributed by atoms with Crippen molar-refractivity contribution < 1.29 is 33.5 Å². The molecule has 136 valence electrons. The van der Waals surface area contributed by atoms with Gasteiger partial charge in [0, 0.05) is 0 Å². The molecule has 0 radical (unpaired) electrons.